The summed E-state index contributed by atoms with van der Waals surface area (Å²) in [5.41, 5.74) is 7.22. The average Bonchev–Trinajstić information content (AvgIpc) is 3.02. The predicted octanol–water partition coefficient (Wildman–Crippen LogP) is 0.999. The van der Waals surface area contributed by atoms with E-state index in [1.54, 1.807) is 4.68 Å². The zero-order chi connectivity index (χ0) is 15.9. The van der Waals surface area contributed by atoms with Crippen molar-refractivity contribution >= 4 is 16.9 Å². The van der Waals surface area contributed by atoms with Crippen LogP contribution in [0.4, 0.5) is 0 Å². The Balaban J connectivity index is 2.22. The van der Waals surface area contributed by atoms with Crippen LogP contribution < -0.4 is 5.73 Å². The number of fused-ring (bicyclic) bond motifs is 1. The van der Waals surface area contributed by atoms with E-state index < -0.39 is 5.91 Å². The summed E-state index contributed by atoms with van der Waals surface area (Å²) in [6.45, 7) is 6.05. The van der Waals surface area contributed by atoms with Crippen molar-refractivity contribution in [2.75, 3.05) is 0 Å². The van der Waals surface area contributed by atoms with Crippen molar-refractivity contribution in [3.05, 3.63) is 24.0 Å². The maximum Gasteiger partial charge on any atom is 0.225 e. The fraction of sp³-hybridized carbons (Fsp3) is 0.357. The fourth-order valence-electron chi connectivity index (χ4n) is 2.28. The molecule has 1 aromatic carbocycles. The van der Waals surface area contributed by atoms with Crippen molar-refractivity contribution < 1.29 is 4.79 Å². The molecule has 2 heterocycles. The number of hydrogen-bond donors (Lipinski definition) is 2. The van der Waals surface area contributed by atoms with Crippen LogP contribution in [-0.2, 0) is 16.8 Å². The van der Waals surface area contributed by atoms with Gasteiger partial charge in [-0.05, 0) is 32.9 Å². The zero-order valence-electron chi connectivity index (χ0n) is 12.7. The van der Waals surface area contributed by atoms with Crippen molar-refractivity contribution in [3.63, 3.8) is 0 Å². The molecule has 0 bridgehead atoms. The number of amides is 1. The number of nitrogens with zero attached hydrogens (tertiary/aromatic N) is 5. The van der Waals surface area contributed by atoms with Crippen molar-refractivity contribution in [2.45, 2.75) is 32.7 Å². The molecule has 0 aliphatic heterocycles. The number of nitrogens with one attached hydrogen (secondary N) is 1. The van der Waals surface area contributed by atoms with E-state index in [1.165, 1.54) is 0 Å². The molecular formula is C14H17N7O. The lowest BCUT2D eigenvalue weighted by molar-refractivity contribution is -0.117. The van der Waals surface area contributed by atoms with Crippen LogP contribution >= 0.6 is 0 Å². The quantitative estimate of drug-likeness (QED) is 0.748. The summed E-state index contributed by atoms with van der Waals surface area (Å²) in [6, 6.07) is 5.66. The summed E-state index contributed by atoms with van der Waals surface area (Å²) in [7, 11) is 0. The number of hydrogen-bond acceptors (Lipinski definition) is 5. The minimum absolute atomic E-state index is 0.00483. The molecule has 0 aliphatic rings. The van der Waals surface area contributed by atoms with Crippen LogP contribution in [0.3, 0.4) is 0 Å². The van der Waals surface area contributed by atoms with Gasteiger partial charge in [0, 0.05) is 5.56 Å². The number of carbonyl (C=O) groups is 1. The topological polar surface area (TPSA) is 115 Å². The fourth-order valence-corrected chi connectivity index (χ4v) is 2.28. The van der Waals surface area contributed by atoms with Gasteiger partial charge in [0.2, 0.25) is 5.91 Å². The van der Waals surface area contributed by atoms with Crippen LogP contribution in [0.1, 0.15) is 26.6 Å². The first-order valence-corrected chi connectivity index (χ1v) is 6.91. The molecule has 3 aromatic rings. The number of primary amides is 1. The largest absolute Gasteiger partial charge is 0.369 e. The Labute approximate surface area is 126 Å². The molecule has 0 radical (unpaired) electrons. The average molecular weight is 299 g/mol. The molecule has 8 heteroatoms. The van der Waals surface area contributed by atoms with Crippen molar-refractivity contribution in [3.8, 4) is 11.4 Å². The maximum absolute atomic E-state index is 11.2. The summed E-state index contributed by atoms with van der Waals surface area (Å²) >= 11 is 0. The summed E-state index contributed by atoms with van der Waals surface area (Å²) in [4.78, 5) is 15.6. The molecule has 22 heavy (non-hydrogen) atoms. The second-order valence-electron chi connectivity index (χ2n) is 6.07. The Morgan fingerprint density at radius 2 is 2.09 bits per heavy atom. The number of rotatable bonds is 3. The minimum Gasteiger partial charge on any atom is -0.369 e. The normalized spacial score (nSPS) is 12.0. The van der Waals surface area contributed by atoms with Gasteiger partial charge in [-0.15, -0.1) is 0 Å². The first-order chi connectivity index (χ1) is 10.4. The van der Waals surface area contributed by atoms with Gasteiger partial charge in [-0.2, -0.15) is 20.5 Å². The van der Waals surface area contributed by atoms with E-state index in [4.69, 9.17) is 5.73 Å². The molecule has 2 aromatic heterocycles. The zero-order valence-corrected chi connectivity index (χ0v) is 12.7. The first kappa shape index (κ1) is 14.2. The molecule has 8 nitrogen and oxygen atoms in total. The van der Waals surface area contributed by atoms with Gasteiger partial charge in [0.1, 0.15) is 11.0 Å². The summed E-state index contributed by atoms with van der Waals surface area (Å²) < 4.78 is 1.79. The smallest absolute Gasteiger partial charge is 0.225 e. The van der Waals surface area contributed by atoms with E-state index >= 15 is 0 Å². The number of H-pyrrole nitrogens is 1. The predicted molar refractivity (Wildman–Crippen MR) is 80.8 cm³/mol. The molecule has 1 amide bonds. The number of aromatic amines is 1. The highest BCUT2D eigenvalue weighted by atomic mass is 16.1. The molecule has 3 N–H and O–H groups in total. The molecule has 0 saturated heterocycles. The van der Waals surface area contributed by atoms with E-state index in [0.717, 1.165) is 11.1 Å². The molecule has 0 unspecified atom stereocenters. The maximum atomic E-state index is 11.2. The number of nitrogens with two attached hydrogens (primary N) is 1. The highest BCUT2D eigenvalue weighted by Gasteiger charge is 2.24. The van der Waals surface area contributed by atoms with Gasteiger partial charge in [0.05, 0.1) is 12.0 Å². The van der Waals surface area contributed by atoms with E-state index in [1.807, 2.05) is 39.0 Å². The molecule has 0 atom stereocenters. The summed E-state index contributed by atoms with van der Waals surface area (Å²) in [5, 5.41) is 15.3. The number of benzene rings is 1. The van der Waals surface area contributed by atoms with Crippen molar-refractivity contribution in [1.82, 2.24) is 30.2 Å². The number of aromatic nitrogens is 6. The monoisotopic (exact) mass is 299 g/mol. The lowest BCUT2D eigenvalue weighted by Gasteiger charge is -2.21. The lowest BCUT2D eigenvalue weighted by atomic mass is 10.1. The lowest BCUT2D eigenvalue weighted by Crippen LogP contribution is -2.24. The van der Waals surface area contributed by atoms with E-state index in [9.17, 15) is 4.79 Å². The molecule has 0 fully saturated rings. The van der Waals surface area contributed by atoms with Gasteiger partial charge in [0.25, 0.3) is 0 Å². The third-order valence-electron chi connectivity index (χ3n) is 3.21. The van der Waals surface area contributed by atoms with Crippen LogP contribution in [0.2, 0.25) is 0 Å². The van der Waals surface area contributed by atoms with E-state index in [2.05, 4.69) is 25.5 Å². The highest BCUT2D eigenvalue weighted by molar-refractivity contribution is 5.89. The van der Waals surface area contributed by atoms with Gasteiger partial charge in [0.15, 0.2) is 11.6 Å². The molecule has 3 rings (SSSR count). The number of para-hydroxylation sites is 1. The SMILES string of the molecule is CC(C)(C)n1nc(CC(N)=O)nc1-c1cccc2n[nH]nc12. The van der Waals surface area contributed by atoms with Crippen molar-refractivity contribution in [1.29, 1.82) is 0 Å². The second kappa shape index (κ2) is 4.90. The third kappa shape index (κ3) is 2.43. The van der Waals surface area contributed by atoms with Crippen LogP contribution in [0.5, 0.6) is 0 Å². The number of carbonyl (C=O) groups excluding carboxylic acids is 1. The van der Waals surface area contributed by atoms with E-state index in [-0.39, 0.29) is 12.0 Å². The van der Waals surface area contributed by atoms with Gasteiger partial charge in [-0.1, -0.05) is 6.07 Å². The van der Waals surface area contributed by atoms with Crippen molar-refractivity contribution in [2.24, 2.45) is 5.73 Å². The van der Waals surface area contributed by atoms with E-state index in [0.29, 0.717) is 17.2 Å². The van der Waals surface area contributed by atoms with Crippen LogP contribution in [0.15, 0.2) is 18.2 Å². The van der Waals surface area contributed by atoms with Gasteiger partial charge >= 0.3 is 0 Å². The Hall–Kier alpha value is -2.77. The molecule has 0 spiro atoms. The Morgan fingerprint density at radius 1 is 1.32 bits per heavy atom. The Bertz CT molecular complexity index is 840. The summed E-state index contributed by atoms with van der Waals surface area (Å²) in [6.07, 6.45) is 0.00483. The van der Waals surface area contributed by atoms with Crippen LogP contribution in [-0.4, -0.2) is 36.1 Å². The van der Waals surface area contributed by atoms with Crippen LogP contribution in [0.25, 0.3) is 22.4 Å². The van der Waals surface area contributed by atoms with Gasteiger partial charge in [-0.3, -0.25) is 4.79 Å². The Morgan fingerprint density at radius 3 is 2.77 bits per heavy atom. The third-order valence-corrected chi connectivity index (χ3v) is 3.21. The highest BCUT2D eigenvalue weighted by Crippen LogP contribution is 2.28. The molecule has 0 aliphatic carbocycles. The standard InChI is InChI=1S/C14H17N7O/c1-14(2,3)21-13(16-11(19-21)7-10(15)22)8-5-4-6-9-12(8)18-20-17-9/h4-6H,7H2,1-3H3,(H2,15,22)(H,17,18,20). The van der Waals surface area contributed by atoms with Gasteiger partial charge in [-0.25, -0.2) is 9.67 Å². The van der Waals surface area contributed by atoms with Crippen LogP contribution in [0, 0.1) is 0 Å². The van der Waals surface area contributed by atoms with Gasteiger partial charge < -0.3 is 5.73 Å². The molecule has 114 valence electrons. The molecule has 0 saturated carbocycles. The summed E-state index contributed by atoms with van der Waals surface area (Å²) in [5.74, 6) is 0.582. The minimum atomic E-state index is -0.461. The Kier molecular flexibility index (Phi) is 3.16. The first-order valence-electron chi connectivity index (χ1n) is 6.91. The second-order valence-corrected chi connectivity index (χ2v) is 6.07. The molecular weight excluding hydrogens is 282 g/mol.